The molecule has 2 aromatic carbocycles. The van der Waals surface area contributed by atoms with Crippen LogP contribution in [0.25, 0.3) is 0 Å². The van der Waals surface area contributed by atoms with Crippen molar-refractivity contribution in [3.05, 3.63) is 47.5 Å². The summed E-state index contributed by atoms with van der Waals surface area (Å²) in [6.07, 6.45) is -0.188. The number of carbonyl (C=O) groups is 2. The molecular weight excluding hydrogens is 420 g/mol. The van der Waals surface area contributed by atoms with Gasteiger partial charge in [-0.25, -0.2) is 8.42 Å². The summed E-state index contributed by atoms with van der Waals surface area (Å²) in [5.41, 5.74) is 1.11. The molecule has 2 unspecified atom stereocenters. The van der Waals surface area contributed by atoms with Gasteiger partial charge in [0.15, 0.2) is 9.84 Å². The molecule has 1 aliphatic rings. The van der Waals surface area contributed by atoms with E-state index in [4.69, 9.17) is 11.6 Å². The molecule has 1 aliphatic heterocycles. The Kier molecular flexibility index (Phi) is 6.02. The lowest BCUT2D eigenvalue weighted by Crippen LogP contribution is -2.27. The minimum atomic E-state index is -3.71. The average Bonchev–Trinajstić information content (AvgIpc) is 2.62. The zero-order valence-corrected chi connectivity index (χ0v) is 17.6. The standard InChI is InChI=1S/C19H19ClN2O4S2/c1-11(8-18(23)21-14-5-3-4-13(20)9-14)28(25,26)15-6-7-16-17(10-15)27-12(2)19(24)22-16/h3-7,9-12H,8H2,1-2H3,(H,21,23)(H,22,24). The highest BCUT2D eigenvalue weighted by Gasteiger charge is 2.29. The number of carbonyl (C=O) groups excluding carboxylic acids is 2. The van der Waals surface area contributed by atoms with Crippen molar-refractivity contribution in [2.45, 2.75) is 40.6 Å². The number of thioether (sulfide) groups is 1. The van der Waals surface area contributed by atoms with E-state index < -0.39 is 21.0 Å². The first-order valence-electron chi connectivity index (χ1n) is 8.57. The quantitative estimate of drug-likeness (QED) is 0.737. The summed E-state index contributed by atoms with van der Waals surface area (Å²) in [7, 11) is -3.71. The second-order valence-corrected chi connectivity index (χ2v) is 10.7. The number of fused-ring (bicyclic) bond motifs is 1. The van der Waals surface area contributed by atoms with Crippen LogP contribution < -0.4 is 10.6 Å². The molecule has 2 amide bonds. The van der Waals surface area contributed by atoms with E-state index in [0.29, 0.717) is 21.3 Å². The number of amides is 2. The topological polar surface area (TPSA) is 92.3 Å². The molecule has 0 radical (unpaired) electrons. The smallest absolute Gasteiger partial charge is 0.237 e. The molecule has 0 spiro atoms. The van der Waals surface area contributed by atoms with Gasteiger partial charge in [-0.15, -0.1) is 11.8 Å². The molecule has 28 heavy (non-hydrogen) atoms. The van der Waals surface area contributed by atoms with Crippen LogP contribution in [-0.4, -0.2) is 30.7 Å². The number of hydrogen-bond acceptors (Lipinski definition) is 5. The summed E-state index contributed by atoms with van der Waals surface area (Å²) in [5.74, 6) is -0.522. The Morgan fingerprint density at radius 1 is 1.29 bits per heavy atom. The Morgan fingerprint density at radius 2 is 2.04 bits per heavy atom. The van der Waals surface area contributed by atoms with Gasteiger partial charge in [0, 0.05) is 22.0 Å². The highest BCUT2D eigenvalue weighted by atomic mass is 35.5. The summed E-state index contributed by atoms with van der Waals surface area (Å²) >= 11 is 7.20. The van der Waals surface area contributed by atoms with Crippen LogP contribution in [-0.2, 0) is 19.4 Å². The summed E-state index contributed by atoms with van der Waals surface area (Å²) in [6.45, 7) is 3.26. The molecule has 0 saturated carbocycles. The zero-order valence-electron chi connectivity index (χ0n) is 15.2. The molecule has 2 N–H and O–H groups in total. The van der Waals surface area contributed by atoms with Crippen LogP contribution in [0.3, 0.4) is 0 Å². The molecule has 0 aliphatic carbocycles. The Morgan fingerprint density at radius 3 is 2.75 bits per heavy atom. The maximum Gasteiger partial charge on any atom is 0.237 e. The minimum absolute atomic E-state index is 0.112. The molecule has 0 fully saturated rings. The number of anilines is 2. The lowest BCUT2D eigenvalue weighted by atomic mass is 10.3. The fourth-order valence-corrected chi connectivity index (χ4v) is 5.37. The van der Waals surface area contributed by atoms with Crippen LogP contribution >= 0.6 is 23.4 Å². The first-order chi connectivity index (χ1) is 13.2. The normalized spacial score (nSPS) is 17.4. The Labute approximate surface area is 173 Å². The van der Waals surface area contributed by atoms with Crippen molar-refractivity contribution in [3.63, 3.8) is 0 Å². The summed E-state index contributed by atoms with van der Waals surface area (Å²) in [4.78, 5) is 24.8. The fourth-order valence-electron chi connectivity index (χ4n) is 2.74. The van der Waals surface area contributed by atoms with Gasteiger partial charge in [-0.1, -0.05) is 17.7 Å². The number of sulfone groups is 1. The van der Waals surface area contributed by atoms with Gasteiger partial charge in [-0.05, 0) is 50.2 Å². The fraction of sp³-hybridized carbons (Fsp3) is 0.263. The molecule has 1 heterocycles. The van der Waals surface area contributed by atoms with Gasteiger partial charge in [0.05, 0.1) is 21.1 Å². The number of nitrogens with one attached hydrogen (secondary N) is 2. The molecule has 148 valence electrons. The Balaban J connectivity index is 1.74. The van der Waals surface area contributed by atoms with E-state index in [1.54, 1.807) is 43.3 Å². The SMILES string of the molecule is CC1Sc2cc(S(=O)(=O)C(C)CC(=O)Nc3cccc(Cl)c3)ccc2NC1=O. The van der Waals surface area contributed by atoms with Crippen LogP contribution in [0.15, 0.2) is 52.3 Å². The van der Waals surface area contributed by atoms with E-state index in [2.05, 4.69) is 10.6 Å². The third kappa shape index (κ3) is 4.51. The molecule has 2 aromatic rings. The number of rotatable bonds is 5. The van der Waals surface area contributed by atoms with E-state index >= 15 is 0 Å². The number of halogens is 1. The van der Waals surface area contributed by atoms with Crippen LogP contribution in [0.1, 0.15) is 20.3 Å². The van der Waals surface area contributed by atoms with E-state index in [9.17, 15) is 18.0 Å². The predicted molar refractivity (Wildman–Crippen MR) is 112 cm³/mol. The van der Waals surface area contributed by atoms with Crippen LogP contribution in [0.4, 0.5) is 11.4 Å². The predicted octanol–water partition coefficient (Wildman–Crippen LogP) is 3.96. The highest BCUT2D eigenvalue weighted by Crippen LogP contribution is 2.37. The van der Waals surface area contributed by atoms with Crippen molar-refractivity contribution in [1.82, 2.24) is 0 Å². The molecular formula is C19H19ClN2O4S2. The largest absolute Gasteiger partial charge is 0.326 e. The molecule has 0 bridgehead atoms. The summed E-state index contributed by atoms with van der Waals surface area (Å²) < 4.78 is 25.8. The third-order valence-corrected chi connectivity index (χ3v) is 7.85. The van der Waals surface area contributed by atoms with Gasteiger partial charge in [-0.2, -0.15) is 0 Å². The first kappa shape index (κ1) is 20.7. The maximum atomic E-state index is 12.9. The van der Waals surface area contributed by atoms with E-state index in [1.165, 1.54) is 24.8 Å². The Bertz CT molecular complexity index is 1040. The van der Waals surface area contributed by atoms with Crippen molar-refractivity contribution < 1.29 is 18.0 Å². The van der Waals surface area contributed by atoms with Gasteiger partial charge >= 0.3 is 0 Å². The number of benzene rings is 2. The van der Waals surface area contributed by atoms with Gasteiger partial charge in [-0.3, -0.25) is 9.59 Å². The van der Waals surface area contributed by atoms with Crippen molar-refractivity contribution in [1.29, 1.82) is 0 Å². The lowest BCUT2D eigenvalue weighted by Gasteiger charge is -2.22. The van der Waals surface area contributed by atoms with Gasteiger partial charge < -0.3 is 10.6 Å². The number of hydrogen-bond donors (Lipinski definition) is 2. The van der Waals surface area contributed by atoms with Gasteiger partial charge in [0.2, 0.25) is 11.8 Å². The highest BCUT2D eigenvalue weighted by molar-refractivity contribution is 8.01. The van der Waals surface area contributed by atoms with Gasteiger partial charge in [0.1, 0.15) is 0 Å². The molecule has 0 saturated heterocycles. The van der Waals surface area contributed by atoms with E-state index in [-0.39, 0.29) is 22.5 Å². The Hall–Kier alpha value is -2.03. The lowest BCUT2D eigenvalue weighted by molar-refractivity contribution is -0.116. The minimum Gasteiger partial charge on any atom is -0.326 e. The van der Waals surface area contributed by atoms with Crippen molar-refractivity contribution in [2.24, 2.45) is 0 Å². The molecule has 0 aromatic heterocycles. The molecule has 6 nitrogen and oxygen atoms in total. The van der Waals surface area contributed by atoms with Gasteiger partial charge in [0.25, 0.3) is 0 Å². The molecule has 9 heteroatoms. The maximum absolute atomic E-state index is 12.9. The van der Waals surface area contributed by atoms with Crippen molar-refractivity contribution in [2.75, 3.05) is 10.6 Å². The van der Waals surface area contributed by atoms with Crippen LogP contribution in [0, 0.1) is 0 Å². The second-order valence-electron chi connectivity index (χ2n) is 6.53. The monoisotopic (exact) mass is 438 g/mol. The van der Waals surface area contributed by atoms with E-state index in [1.807, 2.05) is 0 Å². The van der Waals surface area contributed by atoms with Crippen molar-refractivity contribution >= 4 is 56.4 Å². The zero-order chi connectivity index (χ0) is 20.5. The van der Waals surface area contributed by atoms with Crippen molar-refractivity contribution in [3.8, 4) is 0 Å². The molecule has 3 rings (SSSR count). The summed E-state index contributed by atoms with van der Waals surface area (Å²) in [6, 6.07) is 11.2. The first-order valence-corrected chi connectivity index (χ1v) is 11.4. The summed E-state index contributed by atoms with van der Waals surface area (Å²) in [5, 5.41) is 4.68. The van der Waals surface area contributed by atoms with Crippen LogP contribution in [0.5, 0.6) is 0 Å². The third-order valence-electron chi connectivity index (χ3n) is 4.32. The van der Waals surface area contributed by atoms with E-state index in [0.717, 1.165) is 0 Å². The molecule has 2 atom stereocenters. The van der Waals surface area contributed by atoms with Crippen LogP contribution in [0.2, 0.25) is 5.02 Å². The second kappa shape index (κ2) is 8.14. The average molecular weight is 439 g/mol.